The van der Waals surface area contributed by atoms with Crippen molar-refractivity contribution in [2.75, 3.05) is 0 Å². The fourth-order valence-electron chi connectivity index (χ4n) is 1.40. The zero-order chi connectivity index (χ0) is 8.10. The summed E-state index contributed by atoms with van der Waals surface area (Å²) in [6.07, 6.45) is 9.18. The second-order valence-electron chi connectivity index (χ2n) is 2.70. The first-order valence-corrected chi connectivity index (χ1v) is 4.02. The summed E-state index contributed by atoms with van der Waals surface area (Å²) in [5, 5.41) is 0. The van der Waals surface area contributed by atoms with Gasteiger partial charge >= 0.3 is 0 Å². The van der Waals surface area contributed by atoms with Gasteiger partial charge in [-0.3, -0.25) is 0 Å². The zero-order valence-electron chi connectivity index (χ0n) is 6.84. The molecule has 0 N–H and O–H groups in total. The van der Waals surface area contributed by atoms with E-state index < -0.39 is 0 Å². The van der Waals surface area contributed by atoms with Crippen LogP contribution in [0.5, 0.6) is 0 Å². The monoisotopic (exact) mass is 142 g/mol. The predicted octanol–water partition coefficient (Wildman–Crippen LogP) is 1.39. The third-order valence-electron chi connectivity index (χ3n) is 1.98. The maximum Gasteiger partial charge on any atom is 0.149 e. The Morgan fingerprint density at radius 2 is 1.91 bits per heavy atom. The van der Waals surface area contributed by atoms with Gasteiger partial charge in [0.05, 0.1) is 0 Å². The fraction of sp³-hybridized carbons (Fsp3) is 0.111. The van der Waals surface area contributed by atoms with Crippen LogP contribution >= 0.6 is 0 Å². The van der Waals surface area contributed by atoms with E-state index in [9.17, 15) is 0 Å². The molecule has 1 aliphatic heterocycles. The molecule has 54 valence electrons. The summed E-state index contributed by atoms with van der Waals surface area (Å²) >= 11 is 0. The van der Waals surface area contributed by atoms with Crippen LogP contribution in [0.15, 0.2) is 48.4 Å². The molecule has 1 heterocycles. The lowest BCUT2D eigenvalue weighted by atomic mass is 9.60. The highest BCUT2D eigenvalue weighted by Gasteiger charge is 2.11. The van der Waals surface area contributed by atoms with Crippen LogP contribution in [-0.2, 0) is 0 Å². The van der Waals surface area contributed by atoms with Gasteiger partial charge in [0, 0.05) is 0 Å². The molecule has 0 unspecified atom stereocenters. The smallest absolute Gasteiger partial charge is 0.0996 e. The van der Waals surface area contributed by atoms with Crippen LogP contribution < -0.4 is 0 Å². The van der Waals surface area contributed by atoms with Crippen molar-refractivity contribution in [3.05, 3.63) is 48.4 Å². The van der Waals surface area contributed by atoms with E-state index >= 15 is 0 Å². The number of allylic oxidation sites excluding steroid dienone is 6. The van der Waals surface area contributed by atoms with Gasteiger partial charge in [-0.25, -0.2) is 0 Å². The highest BCUT2D eigenvalue weighted by atomic mass is 13.9. The van der Waals surface area contributed by atoms with Crippen LogP contribution in [0.25, 0.3) is 0 Å². The summed E-state index contributed by atoms with van der Waals surface area (Å²) in [6, 6.07) is 0. The summed E-state index contributed by atoms with van der Waals surface area (Å²) in [5.74, 6) is 0. The maximum absolute atomic E-state index is 3.78. The molecule has 0 spiro atoms. The Labute approximate surface area is 69.9 Å². The van der Waals surface area contributed by atoms with Crippen molar-refractivity contribution in [1.82, 2.24) is 0 Å². The van der Waals surface area contributed by atoms with Gasteiger partial charge in [-0.15, -0.1) is 0 Å². The average Bonchev–Trinajstić information content (AvgIpc) is 2.47. The molecule has 0 amide bonds. The number of rotatable bonds is 3. The molecule has 0 aliphatic carbocycles. The van der Waals surface area contributed by atoms with Crippen LogP contribution in [0.3, 0.4) is 0 Å². The quantitative estimate of drug-likeness (QED) is 0.412. The predicted molar refractivity (Wildman–Crippen MR) is 55.7 cm³/mol. The van der Waals surface area contributed by atoms with E-state index in [0.29, 0.717) is 0 Å². The summed E-state index contributed by atoms with van der Waals surface area (Å²) in [5.41, 5.74) is 2.84. The lowest BCUT2D eigenvalue weighted by Gasteiger charge is -1.93. The summed E-state index contributed by atoms with van der Waals surface area (Å²) < 4.78 is 0. The lowest BCUT2D eigenvalue weighted by Crippen LogP contribution is -1.84. The Bertz CT molecular complexity index is 224. The molecule has 0 saturated heterocycles. The van der Waals surface area contributed by atoms with Crippen molar-refractivity contribution in [3.8, 4) is 0 Å². The van der Waals surface area contributed by atoms with Crippen molar-refractivity contribution < 1.29 is 0 Å². The Hall–Kier alpha value is -0.910. The van der Waals surface area contributed by atoms with Crippen LogP contribution in [0.4, 0.5) is 0 Å². The van der Waals surface area contributed by atoms with Crippen LogP contribution in [0.2, 0.25) is 6.22 Å². The van der Waals surface area contributed by atoms with Crippen molar-refractivity contribution >= 4 is 14.6 Å². The van der Waals surface area contributed by atoms with Crippen LogP contribution in [0, 0.1) is 0 Å². The second kappa shape index (κ2) is 4.07. The van der Waals surface area contributed by atoms with Crippen LogP contribution in [-0.4, -0.2) is 14.6 Å². The average molecular weight is 142 g/mol. The van der Waals surface area contributed by atoms with Crippen molar-refractivity contribution in [1.29, 1.82) is 0 Å². The topological polar surface area (TPSA) is 0 Å². The highest BCUT2D eigenvalue weighted by molar-refractivity contribution is 6.72. The van der Waals surface area contributed by atoms with Gasteiger partial charge in [0.15, 0.2) is 0 Å². The van der Waals surface area contributed by atoms with E-state index in [1.165, 1.54) is 31.7 Å². The minimum absolute atomic E-state index is 1.19. The summed E-state index contributed by atoms with van der Waals surface area (Å²) in [7, 11) is 2.39. The minimum atomic E-state index is 1.19. The molecule has 0 aromatic rings. The third kappa shape index (κ3) is 2.01. The number of hydrogen-bond acceptors (Lipinski definition) is 0. The molecule has 1 rings (SSSR count). The van der Waals surface area contributed by atoms with Gasteiger partial charge in [-0.05, 0) is 0 Å². The molecule has 0 aromatic carbocycles. The van der Waals surface area contributed by atoms with Gasteiger partial charge in [-0.2, -0.15) is 0 Å². The molecule has 11 heavy (non-hydrogen) atoms. The molecule has 0 saturated carbocycles. The molecule has 0 atom stereocenters. The fourth-order valence-corrected chi connectivity index (χ4v) is 1.40. The van der Waals surface area contributed by atoms with Gasteiger partial charge in [-0.1, -0.05) is 54.6 Å². The van der Waals surface area contributed by atoms with Crippen molar-refractivity contribution in [2.24, 2.45) is 0 Å². The molecule has 2 heteroatoms. The molecular formula is C9H12B2. The Morgan fingerprint density at radius 1 is 1.18 bits per heavy atom. The Kier molecular flexibility index (Phi) is 3.03. The van der Waals surface area contributed by atoms with Gasteiger partial charge in [0.2, 0.25) is 0 Å². The van der Waals surface area contributed by atoms with Gasteiger partial charge < -0.3 is 0 Å². The lowest BCUT2D eigenvalue weighted by molar-refractivity contribution is 1.79. The maximum atomic E-state index is 3.78. The van der Waals surface area contributed by atoms with Crippen LogP contribution in [0.1, 0.15) is 0 Å². The Morgan fingerprint density at radius 3 is 2.55 bits per heavy atom. The first-order chi connectivity index (χ1) is 5.38. The molecule has 0 aromatic heterocycles. The SMILES string of the molecule is C=C/C=C\C1=C(C=C)BCB1. The van der Waals surface area contributed by atoms with E-state index in [0.717, 1.165) is 0 Å². The largest absolute Gasteiger partial charge is 0.149 e. The molecule has 0 nitrogen and oxygen atoms in total. The highest BCUT2D eigenvalue weighted by Crippen LogP contribution is 2.14. The standard InChI is InChI=1S/C9H12B2/c1-3-5-6-9-8(4-2)10-7-11-9/h3-6,10-11H,1-2,7H2/b6-5-. The summed E-state index contributed by atoms with van der Waals surface area (Å²) in [6.45, 7) is 7.42. The molecule has 0 radical (unpaired) electrons. The number of hydrogen-bond donors (Lipinski definition) is 0. The molecular weight excluding hydrogens is 130 g/mol. The zero-order valence-corrected chi connectivity index (χ0v) is 6.84. The first-order valence-electron chi connectivity index (χ1n) is 4.02. The molecule has 0 fully saturated rings. The molecule has 1 aliphatic rings. The first kappa shape index (κ1) is 8.19. The Balaban J connectivity index is 2.74. The van der Waals surface area contributed by atoms with E-state index in [4.69, 9.17) is 0 Å². The normalized spacial score (nSPS) is 16.4. The summed E-state index contributed by atoms with van der Waals surface area (Å²) in [4.78, 5) is 0. The van der Waals surface area contributed by atoms with Gasteiger partial charge in [0.25, 0.3) is 0 Å². The van der Waals surface area contributed by atoms with E-state index in [-0.39, 0.29) is 0 Å². The van der Waals surface area contributed by atoms with Crippen molar-refractivity contribution in [3.63, 3.8) is 0 Å². The third-order valence-corrected chi connectivity index (χ3v) is 1.98. The van der Waals surface area contributed by atoms with E-state index in [1.807, 2.05) is 18.2 Å². The van der Waals surface area contributed by atoms with E-state index in [2.05, 4.69) is 19.2 Å². The van der Waals surface area contributed by atoms with Gasteiger partial charge in [0.1, 0.15) is 14.6 Å². The molecule has 0 bridgehead atoms. The van der Waals surface area contributed by atoms with Crippen molar-refractivity contribution in [2.45, 2.75) is 6.22 Å². The van der Waals surface area contributed by atoms with E-state index in [1.54, 1.807) is 0 Å². The minimum Gasteiger partial charge on any atom is -0.0996 e. The second-order valence-corrected chi connectivity index (χ2v) is 2.70.